The molecule has 0 bridgehead atoms. The van der Waals surface area contributed by atoms with Crippen molar-refractivity contribution in [3.05, 3.63) is 96.7 Å². The monoisotopic (exact) mass is 326 g/mol. The quantitative estimate of drug-likeness (QED) is 0.521. The highest BCUT2D eigenvalue weighted by atomic mass is 16.5. The van der Waals surface area contributed by atoms with Gasteiger partial charge in [0.15, 0.2) is 0 Å². The first-order chi connectivity index (χ1) is 12.4. The van der Waals surface area contributed by atoms with Gasteiger partial charge in [-0.05, 0) is 42.0 Å². The smallest absolute Gasteiger partial charge is 0.119 e. The number of rotatable bonds is 5. The van der Waals surface area contributed by atoms with E-state index in [4.69, 9.17) is 4.74 Å². The van der Waals surface area contributed by atoms with Gasteiger partial charge in [-0.3, -0.25) is 4.98 Å². The Kier molecular flexibility index (Phi) is 4.29. The van der Waals surface area contributed by atoms with Crippen molar-refractivity contribution < 1.29 is 4.74 Å². The summed E-state index contributed by atoms with van der Waals surface area (Å²) < 4.78 is 5.83. The van der Waals surface area contributed by atoms with Gasteiger partial charge in [0.1, 0.15) is 12.4 Å². The molecule has 0 aliphatic rings. The fraction of sp³-hybridized carbons (Fsp3) is 0.0455. The molecule has 4 rings (SSSR count). The van der Waals surface area contributed by atoms with E-state index in [0.29, 0.717) is 6.61 Å². The largest absolute Gasteiger partial charge is 0.489 e. The van der Waals surface area contributed by atoms with Gasteiger partial charge >= 0.3 is 0 Å². The standard InChI is InChI=1S/C22H18N2O/c1-2-6-17(7-3-1)16-25-19-12-10-18(11-13-19)24-22-14-15-23-21-9-5-4-8-20(21)22/h1-15H,16H2,(H,23,24). The highest BCUT2D eigenvalue weighted by Gasteiger charge is 2.02. The summed E-state index contributed by atoms with van der Waals surface area (Å²) in [4.78, 5) is 4.39. The van der Waals surface area contributed by atoms with Crippen molar-refractivity contribution in [1.82, 2.24) is 4.98 Å². The van der Waals surface area contributed by atoms with Crippen LogP contribution in [-0.4, -0.2) is 4.98 Å². The van der Waals surface area contributed by atoms with Crippen LogP contribution in [0.15, 0.2) is 91.1 Å². The molecule has 0 atom stereocenters. The van der Waals surface area contributed by atoms with Crippen LogP contribution in [0.2, 0.25) is 0 Å². The summed E-state index contributed by atoms with van der Waals surface area (Å²) in [6.45, 7) is 0.572. The van der Waals surface area contributed by atoms with E-state index >= 15 is 0 Å². The van der Waals surface area contributed by atoms with E-state index in [1.807, 2.05) is 72.9 Å². The molecule has 122 valence electrons. The minimum absolute atomic E-state index is 0.572. The molecule has 0 radical (unpaired) electrons. The number of benzene rings is 3. The second kappa shape index (κ2) is 7.05. The Morgan fingerprint density at radius 2 is 1.52 bits per heavy atom. The number of aromatic nitrogens is 1. The molecular formula is C22H18N2O. The second-order valence-electron chi connectivity index (χ2n) is 5.80. The maximum absolute atomic E-state index is 5.83. The lowest BCUT2D eigenvalue weighted by atomic mass is 10.2. The fourth-order valence-electron chi connectivity index (χ4n) is 2.74. The van der Waals surface area contributed by atoms with Crippen molar-refractivity contribution in [1.29, 1.82) is 0 Å². The number of para-hydroxylation sites is 1. The molecule has 0 saturated heterocycles. The summed E-state index contributed by atoms with van der Waals surface area (Å²) in [6, 6.07) is 28.3. The van der Waals surface area contributed by atoms with Crippen molar-refractivity contribution >= 4 is 22.3 Å². The Balaban J connectivity index is 1.47. The van der Waals surface area contributed by atoms with Crippen LogP contribution < -0.4 is 10.1 Å². The fourth-order valence-corrected chi connectivity index (χ4v) is 2.74. The summed E-state index contributed by atoms with van der Waals surface area (Å²) in [5, 5.41) is 4.56. The predicted molar refractivity (Wildman–Crippen MR) is 102 cm³/mol. The van der Waals surface area contributed by atoms with Crippen LogP contribution in [0.3, 0.4) is 0 Å². The molecule has 4 aromatic rings. The molecule has 3 nitrogen and oxygen atoms in total. The van der Waals surface area contributed by atoms with Crippen molar-refractivity contribution in [3.63, 3.8) is 0 Å². The third-order valence-electron chi connectivity index (χ3n) is 4.03. The van der Waals surface area contributed by atoms with Crippen molar-refractivity contribution in [2.24, 2.45) is 0 Å². The van der Waals surface area contributed by atoms with Gasteiger partial charge in [-0.15, -0.1) is 0 Å². The molecule has 3 aromatic carbocycles. The SMILES string of the molecule is c1ccc(COc2ccc(Nc3ccnc4ccccc34)cc2)cc1. The van der Waals surface area contributed by atoms with Crippen LogP contribution in [0.4, 0.5) is 11.4 Å². The van der Waals surface area contributed by atoms with Gasteiger partial charge < -0.3 is 10.1 Å². The highest BCUT2D eigenvalue weighted by Crippen LogP contribution is 2.26. The Labute approximate surface area is 146 Å². The predicted octanol–water partition coefficient (Wildman–Crippen LogP) is 5.56. The molecule has 1 N–H and O–H groups in total. The first-order valence-corrected chi connectivity index (χ1v) is 8.26. The van der Waals surface area contributed by atoms with Crippen molar-refractivity contribution in [2.75, 3.05) is 5.32 Å². The normalized spacial score (nSPS) is 10.6. The molecule has 0 amide bonds. The molecule has 0 fully saturated rings. The average Bonchev–Trinajstić information content (AvgIpc) is 2.69. The van der Waals surface area contributed by atoms with E-state index in [9.17, 15) is 0 Å². The van der Waals surface area contributed by atoms with Crippen molar-refractivity contribution in [2.45, 2.75) is 6.61 Å². The zero-order valence-corrected chi connectivity index (χ0v) is 13.7. The van der Waals surface area contributed by atoms with Gasteiger partial charge in [-0.2, -0.15) is 0 Å². The first-order valence-electron chi connectivity index (χ1n) is 8.26. The average molecular weight is 326 g/mol. The summed E-state index contributed by atoms with van der Waals surface area (Å²) in [7, 11) is 0. The van der Waals surface area contributed by atoms with E-state index in [2.05, 4.69) is 28.5 Å². The number of fused-ring (bicyclic) bond motifs is 1. The number of hydrogen-bond acceptors (Lipinski definition) is 3. The van der Waals surface area contributed by atoms with E-state index in [1.165, 1.54) is 0 Å². The molecular weight excluding hydrogens is 308 g/mol. The van der Waals surface area contributed by atoms with Crippen LogP contribution in [0.25, 0.3) is 10.9 Å². The Bertz CT molecular complexity index is 961. The van der Waals surface area contributed by atoms with Gasteiger partial charge in [0, 0.05) is 23.0 Å². The minimum Gasteiger partial charge on any atom is -0.489 e. The van der Waals surface area contributed by atoms with Gasteiger partial charge in [0.25, 0.3) is 0 Å². The zero-order valence-electron chi connectivity index (χ0n) is 13.7. The summed E-state index contributed by atoms with van der Waals surface area (Å²) >= 11 is 0. The zero-order chi connectivity index (χ0) is 16.9. The van der Waals surface area contributed by atoms with E-state index < -0.39 is 0 Å². The van der Waals surface area contributed by atoms with Crippen LogP contribution in [0.1, 0.15) is 5.56 Å². The lowest BCUT2D eigenvalue weighted by Gasteiger charge is -2.11. The van der Waals surface area contributed by atoms with Gasteiger partial charge in [0.2, 0.25) is 0 Å². The molecule has 0 unspecified atom stereocenters. The van der Waals surface area contributed by atoms with Crippen LogP contribution in [0, 0.1) is 0 Å². The van der Waals surface area contributed by atoms with E-state index in [0.717, 1.165) is 33.6 Å². The molecule has 0 aliphatic carbocycles. The van der Waals surface area contributed by atoms with Gasteiger partial charge in [0.05, 0.1) is 5.52 Å². The number of hydrogen-bond donors (Lipinski definition) is 1. The maximum atomic E-state index is 5.83. The molecule has 25 heavy (non-hydrogen) atoms. The molecule has 0 aliphatic heterocycles. The molecule has 1 aromatic heterocycles. The molecule has 1 heterocycles. The third-order valence-corrected chi connectivity index (χ3v) is 4.03. The van der Waals surface area contributed by atoms with Crippen LogP contribution in [-0.2, 0) is 6.61 Å². The molecule has 0 saturated carbocycles. The minimum atomic E-state index is 0.572. The number of ether oxygens (including phenoxy) is 1. The Hall–Kier alpha value is -3.33. The maximum Gasteiger partial charge on any atom is 0.119 e. The van der Waals surface area contributed by atoms with Gasteiger partial charge in [-0.25, -0.2) is 0 Å². The topological polar surface area (TPSA) is 34.1 Å². The second-order valence-corrected chi connectivity index (χ2v) is 5.80. The van der Waals surface area contributed by atoms with E-state index in [1.54, 1.807) is 0 Å². The van der Waals surface area contributed by atoms with Crippen molar-refractivity contribution in [3.8, 4) is 5.75 Å². The number of pyridine rings is 1. The lowest BCUT2D eigenvalue weighted by Crippen LogP contribution is -1.96. The molecule has 3 heteroatoms. The summed E-state index contributed by atoms with van der Waals surface area (Å²) in [5.41, 5.74) is 4.20. The lowest BCUT2D eigenvalue weighted by molar-refractivity contribution is 0.306. The van der Waals surface area contributed by atoms with E-state index in [-0.39, 0.29) is 0 Å². The van der Waals surface area contributed by atoms with Crippen LogP contribution in [0.5, 0.6) is 5.75 Å². The summed E-state index contributed by atoms with van der Waals surface area (Å²) in [6.07, 6.45) is 1.82. The molecule has 0 spiro atoms. The number of nitrogens with one attached hydrogen (secondary N) is 1. The Morgan fingerprint density at radius 1 is 0.760 bits per heavy atom. The summed E-state index contributed by atoms with van der Waals surface area (Å²) in [5.74, 6) is 0.856. The first kappa shape index (κ1) is 15.2. The van der Waals surface area contributed by atoms with Crippen LogP contribution >= 0.6 is 0 Å². The van der Waals surface area contributed by atoms with Gasteiger partial charge in [-0.1, -0.05) is 48.5 Å². The Morgan fingerprint density at radius 3 is 2.36 bits per heavy atom. The number of anilines is 2. The third kappa shape index (κ3) is 3.61. The highest BCUT2D eigenvalue weighted by molar-refractivity contribution is 5.92. The number of nitrogens with zero attached hydrogens (tertiary/aromatic N) is 1.